The maximum absolute atomic E-state index is 12.8. The number of aliphatic hydroxyl groups excluding tert-OH is 1. The van der Waals surface area contributed by atoms with Crippen molar-refractivity contribution in [3.8, 4) is 6.07 Å². The van der Waals surface area contributed by atoms with E-state index in [1.807, 2.05) is 0 Å². The normalized spacial score (nSPS) is 18.8. The molecule has 108 valence electrons. The molecule has 0 radical (unpaired) electrons. The van der Waals surface area contributed by atoms with Crippen molar-refractivity contribution in [3.63, 3.8) is 0 Å². The van der Waals surface area contributed by atoms with Gasteiger partial charge in [0, 0.05) is 0 Å². The van der Waals surface area contributed by atoms with Gasteiger partial charge in [-0.1, -0.05) is 0 Å². The van der Waals surface area contributed by atoms with Gasteiger partial charge in [0.25, 0.3) is 0 Å². The molecule has 0 amide bonds. The maximum atomic E-state index is 12.8. The first-order valence-corrected chi connectivity index (χ1v) is 5.97. The molecule has 1 aliphatic carbocycles. The van der Waals surface area contributed by atoms with Gasteiger partial charge in [-0.25, -0.2) is 4.98 Å². The minimum absolute atomic E-state index is 0.0273. The van der Waals surface area contributed by atoms with E-state index in [-0.39, 0.29) is 5.69 Å². The van der Waals surface area contributed by atoms with Crippen molar-refractivity contribution >= 4 is 5.69 Å². The summed E-state index contributed by atoms with van der Waals surface area (Å²) in [7, 11) is 0. The molecule has 1 unspecified atom stereocenters. The molecule has 0 aromatic carbocycles. The monoisotopic (exact) mass is 286 g/mol. The average molecular weight is 286 g/mol. The van der Waals surface area contributed by atoms with Crippen LogP contribution in [0, 0.1) is 11.3 Å². The van der Waals surface area contributed by atoms with Crippen molar-refractivity contribution in [1.82, 2.24) is 4.98 Å². The van der Waals surface area contributed by atoms with Crippen LogP contribution in [0.25, 0.3) is 0 Å². The van der Waals surface area contributed by atoms with Crippen LogP contribution < -0.4 is 11.1 Å². The zero-order valence-electron chi connectivity index (χ0n) is 10.4. The van der Waals surface area contributed by atoms with E-state index in [0.717, 1.165) is 18.7 Å². The second-order valence-corrected chi connectivity index (χ2v) is 4.86. The van der Waals surface area contributed by atoms with Gasteiger partial charge in [0.05, 0.1) is 23.0 Å². The molecule has 1 heterocycles. The molecule has 0 bridgehead atoms. The Kier molecular flexibility index (Phi) is 3.58. The maximum Gasteiger partial charge on any atom is 0.419 e. The lowest BCUT2D eigenvalue weighted by Gasteiger charge is -2.42. The molecular formula is C12H13F3N4O. The van der Waals surface area contributed by atoms with E-state index in [2.05, 4.69) is 10.3 Å². The van der Waals surface area contributed by atoms with Gasteiger partial charge < -0.3 is 16.2 Å². The van der Waals surface area contributed by atoms with E-state index in [1.54, 1.807) is 0 Å². The van der Waals surface area contributed by atoms with Crippen molar-refractivity contribution in [3.05, 3.63) is 23.5 Å². The van der Waals surface area contributed by atoms with E-state index in [4.69, 9.17) is 11.0 Å². The van der Waals surface area contributed by atoms with Crippen molar-refractivity contribution in [2.75, 3.05) is 5.32 Å². The number of nitrogens with one attached hydrogen (secondary N) is 1. The lowest BCUT2D eigenvalue weighted by Crippen LogP contribution is -2.59. The number of alkyl halides is 3. The van der Waals surface area contributed by atoms with Gasteiger partial charge >= 0.3 is 6.18 Å². The summed E-state index contributed by atoms with van der Waals surface area (Å²) in [6.07, 6.45) is -2.72. The van der Waals surface area contributed by atoms with E-state index in [0.29, 0.717) is 12.8 Å². The number of aromatic nitrogens is 1. The van der Waals surface area contributed by atoms with Gasteiger partial charge in [-0.15, -0.1) is 0 Å². The van der Waals surface area contributed by atoms with Gasteiger partial charge in [0.15, 0.2) is 5.69 Å². The summed E-state index contributed by atoms with van der Waals surface area (Å²) < 4.78 is 38.3. The minimum Gasteiger partial charge on any atom is -0.372 e. The predicted molar refractivity (Wildman–Crippen MR) is 64.4 cm³/mol. The van der Waals surface area contributed by atoms with Crippen LogP contribution in [0.2, 0.25) is 0 Å². The molecule has 4 N–H and O–H groups in total. The van der Waals surface area contributed by atoms with Crippen molar-refractivity contribution in [2.45, 2.75) is 37.2 Å². The van der Waals surface area contributed by atoms with Crippen molar-refractivity contribution in [2.24, 2.45) is 5.73 Å². The number of nitrogens with zero attached hydrogens (tertiary/aromatic N) is 2. The minimum atomic E-state index is -4.68. The molecule has 1 aromatic heterocycles. The molecule has 0 aliphatic heterocycles. The Balaban J connectivity index is 2.24. The summed E-state index contributed by atoms with van der Waals surface area (Å²) in [5, 5.41) is 21.0. The van der Waals surface area contributed by atoms with E-state index < -0.39 is 29.2 Å². The fourth-order valence-corrected chi connectivity index (χ4v) is 2.01. The molecule has 1 fully saturated rings. The van der Waals surface area contributed by atoms with Gasteiger partial charge in [-0.2, -0.15) is 18.4 Å². The van der Waals surface area contributed by atoms with E-state index in [1.165, 1.54) is 6.07 Å². The number of hydrogen-bond donors (Lipinski definition) is 3. The Bertz CT molecular complexity index is 549. The average Bonchev–Trinajstić information content (AvgIpc) is 2.34. The van der Waals surface area contributed by atoms with Crippen LogP contribution in [0.5, 0.6) is 0 Å². The van der Waals surface area contributed by atoms with Gasteiger partial charge in [-0.05, 0) is 25.3 Å². The van der Waals surface area contributed by atoms with Crippen LogP contribution in [-0.4, -0.2) is 21.9 Å². The van der Waals surface area contributed by atoms with E-state index in [9.17, 15) is 18.3 Å². The molecule has 1 aliphatic rings. The highest BCUT2D eigenvalue weighted by Crippen LogP contribution is 2.35. The molecule has 1 aromatic rings. The predicted octanol–water partition coefficient (Wildman–Crippen LogP) is 1.58. The summed E-state index contributed by atoms with van der Waals surface area (Å²) in [6.45, 7) is 0. The van der Waals surface area contributed by atoms with Crippen molar-refractivity contribution in [1.29, 1.82) is 5.26 Å². The number of nitriles is 1. The summed E-state index contributed by atoms with van der Waals surface area (Å²) in [5.74, 6) is 0. The largest absolute Gasteiger partial charge is 0.419 e. The lowest BCUT2D eigenvalue weighted by atomic mass is 9.76. The third kappa shape index (κ3) is 2.69. The SMILES string of the molecule is N#Cc1ncc(NC(O)C2(N)CCC2)cc1C(F)(F)F. The van der Waals surface area contributed by atoms with Crippen LogP contribution in [0.4, 0.5) is 18.9 Å². The second kappa shape index (κ2) is 4.92. The summed E-state index contributed by atoms with van der Waals surface area (Å²) in [6, 6.07) is 2.14. The molecule has 1 saturated carbocycles. The first-order valence-electron chi connectivity index (χ1n) is 5.97. The standard InChI is InChI=1S/C12H13F3N4O/c13-12(14,15)8-4-7(6-18-9(8)5-16)19-10(20)11(17)2-1-3-11/h4,6,10,19-20H,1-3,17H2. The Morgan fingerprint density at radius 3 is 2.60 bits per heavy atom. The molecule has 8 heteroatoms. The Morgan fingerprint density at radius 2 is 2.15 bits per heavy atom. The number of pyridine rings is 1. The lowest BCUT2D eigenvalue weighted by molar-refractivity contribution is -0.138. The first kappa shape index (κ1) is 14.6. The van der Waals surface area contributed by atoms with Crippen LogP contribution in [0.3, 0.4) is 0 Å². The summed E-state index contributed by atoms with van der Waals surface area (Å²) in [5.41, 5.74) is 3.17. The third-order valence-electron chi connectivity index (χ3n) is 3.43. The summed E-state index contributed by atoms with van der Waals surface area (Å²) >= 11 is 0. The molecule has 2 rings (SSSR count). The number of anilines is 1. The number of aliphatic hydroxyl groups is 1. The number of halogens is 3. The number of hydrogen-bond acceptors (Lipinski definition) is 5. The Labute approximate surface area is 113 Å². The first-order chi connectivity index (χ1) is 9.26. The smallest absolute Gasteiger partial charge is 0.372 e. The third-order valence-corrected chi connectivity index (χ3v) is 3.43. The highest BCUT2D eigenvalue weighted by atomic mass is 19.4. The Morgan fingerprint density at radius 1 is 1.50 bits per heavy atom. The van der Waals surface area contributed by atoms with Gasteiger partial charge in [0.2, 0.25) is 0 Å². The number of nitrogens with two attached hydrogens (primary N) is 1. The highest BCUT2D eigenvalue weighted by molar-refractivity contribution is 5.49. The van der Waals surface area contributed by atoms with Gasteiger partial charge in [-0.3, -0.25) is 0 Å². The summed E-state index contributed by atoms with van der Waals surface area (Å²) in [4.78, 5) is 3.45. The fourth-order valence-electron chi connectivity index (χ4n) is 2.01. The molecule has 20 heavy (non-hydrogen) atoms. The fraction of sp³-hybridized carbons (Fsp3) is 0.500. The second-order valence-electron chi connectivity index (χ2n) is 4.86. The molecule has 1 atom stereocenters. The van der Waals surface area contributed by atoms with Crippen molar-refractivity contribution < 1.29 is 18.3 Å². The van der Waals surface area contributed by atoms with E-state index >= 15 is 0 Å². The highest BCUT2D eigenvalue weighted by Gasteiger charge is 2.40. The van der Waals surface area contributed by atoms with Gasteiger partial charge in [0.1, 0.15) is 12.3 Å². The molecular weight excluding hydrogens is 273 g/mol. The molecule has 0 spiro atoms. The van der Waals surface area contributed by atoms with Crippen LogP contribution in [0.15, 0.2) is 12.3 Å². The molecule has 5 nitrogen and oxygen atoms in total. The van der Waals surface area contributed by atoms with Crippen LogP contribution >= 0.6 is 0 Å². The number of rotatable bonds is 3. The molecule has 0 saturated heterocycles. The Hall–Kier alpha value is -1.85. The van der Waals surface area contributed by atoms with Crippen LogP contribution in [-0.2, 0) is 6.18 Å². The van der Waals surface area contributed by atoms with Crippen LogP contribution in [0.1, 0.15) is 30.5 Å². The zero-order chi connectivity index (χ0) is 15.0. The topological polar surface area (TPSA) is 95.0 Å². The zero-order valence-corrected chi connectivity index (χ0v) is 10.4. The quantitative estimate of drug-likeness (QED) is 0.733.